The Balaban J connectivity index is 1.75. The van der Waals surface area contributed by atoms with Crippen molar-refractivity contribution in [2.75, 3.05) is 19.0 Å². The summed E-state index contributed by atoms with van der Waals surface area (Å²) >= 11 is 3.97. The zero-order valence-electron chi connectivity index (χ0n) is 16.5. The maximum atomic E-state index is 12.7. The second kappa shape index (κ2) is 8.93. The molecule has 30 heavy (non-hydrogen) atoms. The summed E-state index contributed by atoms with van der Waals surface area (Å²) in [5.41, 5.74) is 3.16. The number of hydrogen-bond acceptors (Lipinski definition) is 6. The molecule has 0 spiro atoms. The number of amides is 3. The number of aromatic hydroxyl groups is 1. The third-order valence-corrected chi connectivity index (χ3v) is 5.76. The molecule has 2 aromatic carbocycles. The molecule has 156 valence electrons. The smallest absolute Gasteiger partial charge is 0.294 e. The predicted octanol–water partition coefficient (Wildman–Crippen LogP) is 4.46. The van der Waals surface area contributed by atoms with Gasteiger partial charge in [0, 0.05) is 5.69 Å². The second-order valence-electron chi connectivity index (χ2n) is 6.75. The molecule has 9 heteroatoms. The maximum Gasteiger partial charge on any atom is 0.294 e. The van der Waals surface area contributed by atoms with E-state index in [9.17, 15) is 19.5 Å². The lowest BCUT2D eigenvalue weighted by Crippen LogP contribution is -2.36. The summed E-state index contributed by atoms with van der Waals surface area (Å²) in [6.07, 6.45) is 1.51. The van der Waals surface area contributed by atoms with Crippen molar-refractivity contribution >= 4 is 56.5 Å². The number of carbonyl (C=O) groups is 3. The summed E-state index contributed by atoms with van der Waals surface area (Å²) in [5.74, 6) is -0.852. The minimum Gasteiger partial charge on any atom is -0.503 e. The van der Waals surface area contributed by atoms with Crippen molar-refractivity contribution in [3.8, 4) is 11.5 Å². The van der Waals surface area contributed by atoms with Crippen LogP contribution in [-0.4, -0.2) is 40.7 Å². The van der Waals surface area contributed by atoms with E-state index < -0.39 is 17.1 Å². The van der Waals surface area contributed by atoms with Crippen LogP contribution >= 0.6 is 27.7 Å². The van der Waals surface area contributed by atoms with Crippen molar-refractivity contribution in [3.63, 3.8) is 0 Å². The number of anilines is 1. The van der Waals surface area contributed by atoms with Gasteiger partial charge in [0.05, 0.1) is 16.5 Å². The van der Waals surface area contributed by atoms with Gasteiger partial charge in [-0.3, -0.25) is 19.3 Å². The molecular formula is C21H19BrN2O5S. The van der Waals surface area contributed by atoms with Crippen LogP contribution in [0.15, 0.2) is 39.7 Å². The summed E-state index contributed by atoms with van der Waals surface area (Å²) in [4.78, 5) is 38.4. The summed E-state index contributed by atoms with van der Waals surface area (Å²) in [5, 5.41) is 12.1. The SMILES string of the molecule is COc1cc(/C=C2/SC(=O)N(CC(=O)Nc3cc(C)cc(C)c3)C2=O)cc(Br)c1O. The number of phenols is 1. The number of rotatable bonds is 5. The van der Waals surface area contributed by atoms with Crippen LogP contribution in [0.2, 0.25) is 0 Å². The number of halogens is 1. The van der Waals surface area contributed by atoms with Gasteiger partial charge in [0.2, 0.25) is 5.91 Å². The van der Waals surface area contributed by atoms with E-state index in [-0.39, 0.29) is 22.9 Å². The van der Waals surface area contributed by atoms with Crippen molar-refractivity contribution in [1.29, 1.82) is 0 Å². The Bertz CT molecular complexity index is 1060. The summed E-state index contributed by atoms with van der Waals surface area (Å²) in [7, 11) is 1.41. The van der Waals surface area contributed by atoms with Gasteiger partial charge in [-0.15, -0.1) is 0 Å². The van der Waals surface area contributed by atoms with E-state index in [0.29, 0.717) is 15.7 Å². The van der Waals surface area contributed by atoms with Crippen LogP contribution in [0.1, 0.15) is 16.7 Å². The fourth-order valence-corrected chi connectivity index (χ4v) is 4.31. The second-order valence-corrected chi connectivity index (χ2v) is 8.59. The van der Waals surface area contributed by atoms with Crippen LogP contribution in [0.4, 0.5) is 10.5 Å². The van der Waals surface area contributed by atoms with Gasteiger partial charge in [-0.25, -0.2) is 0 Å². The van der Waals surface area contributed by atoms with Crippen molar-refractivity contribution < 1.29 is 24.2 Å². The van der Waals surface area contributed by atoms with Crippen molar-refractivity contribution in [3.05, 3.63) is 56.4 Å². The summed E-state index contributed by atoms with van der Waals surface area (Å²) in [6, 6.07) is 8.75. The molecule has 0 unspecified atom stereocenters. The molecule has 3 amide bonds. The lowest BCUT2D eigenvalue weighted by atomic mass is 10.1. The Labute approximate surface area is 186 Å². The predicted molar refractivity (Wildman–Crippen MR) is 120 cm³/mol. The number of aryl methyl sites for hydroxylation is 2. The van der Waals surface area contributed by atoms with Gasteiger partial charge >= 0.3 is 0 Å². The van der Waals surface area contributed by atoms with Gasteiger partial charge in [-0.1, -0.05) is 6.07 Å². The third-order valence-electron chi connectivity index (χ3n) is 4.25. The van der Waals surface area contributed by atoms with Crippen LogP contribution in [0.5, 0.6) is 11.5 Å². The first-order valence-electron chi connectivity index (χ1n) is 8.88. The monoisotopic (exact) mass is 490 g/mol. The first kappa shape index (κ1) is 21.9. The van der Waals surface area contributed by atoms with E-state index in [2.05, 4.69) is 21.2 Å². The van der Waals surface area contributed by atoms with E-state index in [1.54, 1.807) is 12.1 Å². The van der Waals surface area contributed by atoms with E-state index in [1.807, 2.05) is 32.0 Å². The zero-order chi connectivity index (χ0) is 22.0. The van der Waals surface area contributed by atoms with Crippen molar-refractivity contribution in [2.45, 2.75) is 13.8 Å². The largest absolute Gasteiger partial charge is 0.503 e. The first-order valence-corrected chi connectivity index (χ1v) is 10.5. The number of phenolic OH excluding ortho intramolecular Hbond substituents is 1. The topological polar surface area (TPSA) is 95.9 Å². The van der Waals surface area contributed by atoms with Gasteiger partial charge in [0.1, 0.15) is 6.54 Å². The average Bonchev–Trinajstić information content (AvgIpc) is 2.91. The van der Waals surface area contributed by atoms with Gasteiger partial charge in [-0.05, 0) is 88.6 Å². The highest BCUT2D eigenvalue weighted by atomic mass is 79.9. The number of thioether (sulfide) groups is 1. The number of methoxy groups -OCH3 is 1. The first-order chi connectivity index (χ1) is 14.2. The molecular weight excluding hydrogens is 472 g/mol. The Morgan fingerprint density at radius 2 is 1.87 bits per heavy atom. The quantitative estimate of drug-likeness (QED) is 0.600. The molecule has 1 aliphatic heterocycles. The lowest BCUT2D eigenvalue weighted by molar-refractivity contribution is -0.127. The van der Waals surface area contributed by atoms with Gasteiger partial charge in [0.25, 0.3) is 11.1 Å². The van der Waals surface area contributed by atoms with Crippen LogP contribution < -0.4 is 10.1 Å². The number of carbonyl (C=O) groups excluding carboxylic acids is 3. The average molecular weight is 491 g/mol. The highest BCUT2D eigenvalue weighted by molar-refractivity contribution is 9.10. The standard InChI is InChI=1S/C21H19BrN2O5S/c1-11-4-12(2)6-14(5-11)23-18(25)10-24-20(27)17(30-21(24)28)9-13-7-15(22)19(26)16(8-13)29-3/h4-9,26H,10H2,1-3H3,(H,23,25)/b17-9+. The van der Waals surface area contributed by atoms with Gasteiger partial charge in [-0.2, -0.15) is 0 Å². The van der Waals surface area contributed by atoms with Crippen molar-refractivity contribution in [2.24, 2.45) is 0 Å². The Morgan fingerprint density at radius 1 is 1.20 bits per heavy atom. The van der Waals surface area contributed by atoms with Crippen molar-refractivity contribution in [1.82, 2.24) is 4.90 Å². The molecule has 0 bridgehead atoms. The number of hydrogen-bond donors (Lipinski definition) is 2. The molecule has 0 radical (unpaired) electrons. The molecule has 0 aliphatic carbocycles. The molecule has 1 saturated heterocycles. The number of ether oxygens (including phenoxy) is 1. The normalized spacial score (nSPS) is 15.1. The maximum absolute atomic E-state index is 12.7. The van der Waals surface area contributed by atoms with E-state index in [1.165, 1.54) is 13.2 Å². The van der Waals surface area contributed by atoms with E-state index in [0.717, 1.165) is 27.8 Å². The van der Waals surface area contributed by atoms with Gasteiger partial charge < -0.3 is 15.2 Å². The lowest BCUT2D eigenvalue weighted by Gasteiger charge is -2.13. The van der Waals surface area contributed by atoms with E-state index in [4.69, 9.17) is 4.74 Å². The number of nitrogens with zero attached hydrogens (tertiary/aromatic N) is 1. The van der Waals surface area contributed by atoms with E-state index >= 15 is 0 Å². The van der Waals surface area contributed by atoms with Crippen LogP contribution in [-0.2, 0) is 9.59 Å². The highest BCUT2D eigenvalue weighted by Gasteiger charge is 2.36. The molecule has 0 aromatic heterocycles. The fraction of sp³-hybridized carbons (Fsp3) is 0.190. The highest BCUT2D eigenvalue weighted by Crippen LogP contribution is 2.38. The minimum atomic E-state index is -0.552. The third kappa shape index (κ3) is 4.85. The fourth-order valence-electron chi connectivity index (χ4n) is 3.01. The molecule has 7 nitrogen and oxygen atoms in total. The van der Waals surface area contributed by atoms with Crippen LogP contribution in [0.25, 0.3) is 6.08 Å². The molecule has 2 aromatic rings. The molecule has 0 atom stereocenters. The van der Waals surface area contributed by atoms with Gasteiger partial charge in [0.15, 0.2) is 11.5 Å². The molecule has 3 rings (SSSR count). The Morgan fingerprint density at radius 3 is 2.50 bits per heavy atom. The minimum absolute atomic E-state index is 0.0641. The van der Waals surface area contributed by atoms with Crippen LogP contribution in [0, 0.1) is 13.8 Å². The number of nitrogens with one attached hydrogen (secondary N) is 1. The summed E-state index contributed by atoms with van der Waals surface area (Å²) < 4.78 is 5.48. The number of imide groups is 1. The molecule has 0 saturated carbocycles. The molecule has 1 fully saturated rings. The summed E-state index contributed by atoms with van der Waals surface area (Å²) in [6.45, 7) is 3.46. The zero-order valence-corrected chi connectivity index (χ0v) is 18.9. The number of benzene rings is 2. The van der Waals surface area contributed by atoms with Crippen LogP contribution in [0.3, 0.4) is 0 Å². The Kier molecular flexibility index (Phi) is 6.52. The molecule has 1 heterocycles. The molecule has 2 N–H and O–H groups in total. The molecule has 1 aliphatic rings. The Hall–Kier alpha value is -2.78.